The topological polar surface area (TPSA) is 114 Å². The van der Waals surface area contributed by atoms with E-state index in [1.54, 1.807) is 23.0 Å². The van der Waals surface area contributed by atoms with Gasteiger partial charge in [-0.05, 0) is 43.7 Å². The van der Waals surface area contributed by atoms with Gasteiger partial charge in [0.05, 0.1) is 5.69 Å². The zero-order valence-electron chi connectivity index (χ0n) is 14.1. The first-order valence-electron chi connectivity index (χ1n) is 7.72. The quantitative estimate of drug-likeness (QED) is 0.732. The normalized spacial score (nSPS) is 9.81. The highest BCUT2D eigenvalue weighted by atomic mass is 15.5. The Labute approximate surface area is 150 Å². The van der Waals surface area contributed by atoms with Crippen molar-refractivity contribution in [2.45, 2.75) is 13.8 Å². The number of hydrogen-bond donors (Lipinski definition) is 1. The maximum Gasteiger partial charge on any atom is 0.163 e. The molecule has 124 valence electrons. The number of hydrogen-bond acceptors (Lipinski definition) is 6. The minimum Gasteiger partial charge on any atom is -0.345 e. The highest BCUT2D eigenvalue weighted by Gasteiger charge is 2.11. The Hall–Kier alpha value is -4.15. The molecule has 0 amide bonds. The van der Waals surface area contributed by atoms with Crippen molar-refractivity contribution in [1.82, 2.24) is 15.0 Å². The van der Waals surface area contributed by atoms with Gasteiger partial charge in [0, 0.05) is 5.69 Å². The number of anilines is 1. The maximum absolute atomic E-state index is 9.19. The van der Waals surface area contributed by atoms with Crippen molar-refractivity contribution in [1.29, 1.82) is 15.8 Å². The van der Waals surface area contributed by atoms with E-state index < -0.39 is 0 Å². The molecule has 1 N–H and O–H groups in total. The van der Waals surface area contributed by atoms with Crippen molar-refractivity contribution in [3.63, 3.8) is 0 Å². The monoisotopic (exact) mass is 339 g/mol. The van der Waals surface area contributed by atoms with Gasteiger partial charge >= 0.3 is 0 Å². The predicted molar refractivity (Wildman–Crippen MR) is 95.8 cm³/mol. The van der Waals surface area contributed by atoms with Gasteiger partial charge in [0.15, 0.2) is 5.57 Å². The van der Waals surface area contributed by atoms with E-state index >= 15 is 0 Å². The van der Waals surface area contributed by atoms with Crippen LogP contribution in [0.2, 0.25) is 0 Å². The van der Waals surface area contributed by atoms with Crippen molar-refractivity contribution in [3.05, 3.63) is 58.8 Å². The number of rotatable bonds is 3. The summed E-state index contributed by atoms with van der Waals surface area (Å²) in [5, 5.41) is 38.9. The van der Waals surface area contributed by atoms with Gasteiger partial charge in [-0.15, -0.1) is 10.2 Å². The van der Waals surface area contributed by atoms with Crippen LogP contribution < -0.4 is 5.32 Å². The molecular formula is C19H13N7. The Morgan fingerprint density at radius 1 is 0.923 bits per heavy atom. The Bertz CT molecular complexity index is 1130. The number of aromatic nitrogens is 3. The number of nitrogens with zero attached hydrogens (tertiary/aromatic N) is 6. The van der Waals surface area contributed by atoms with E-state index in [1.807, 2.05) is 50.2 Å². The Morgan fingerprint density at radius 3 is 2.12 bits per heavy atom. The summed E-state index contributed by atoms with van der Waals surface area (Å²) in [5.41, 5.74) is 4.37. The summed E-state index contributed by atoms with van der Waals surface area (Å²) in [6, 6.07) is 16.7. The molecule has 0 saturated carbocycles. The van der Waals surface area contributed by atoms with Gasteiger partial charge in [-0.2, -0.15) is 20.6 Å². The van der Waals surface area contributed by atoms with E-state index in [0.717, 1.165) is 16.8 Å². The fourth-order valence-corrected chi connectivity index (χ4v) is 2.41. The Balaban J connectivity index is 2.05. The molecule has 0 atom stereocenters. The number of nitrogens with one attached hydrogen (secondary N) is 1. The molecule has 0 aliphatic carbocycles. The maximum atomic E-state index is 9.19. The van der Waals surface area contributed by atoms with Crippen molar-refractivity contribution < 1.29 is 0 Å². The molecule has 7 nitrogen and oxygen atoms in total. The van der Waals surface area contributed by atoms with Crippen LogP contribution in [0.3, 0.4) is 0 Å². The molecule has 3 rings (SSSR count). The number of benzene rings is 2. The van der Waals surface area contributed by atoms with Crippen molar-refractivity contribution in [2.24, 2.45) is 0 Å². The molecule has 7 heteroatoms. The van der Waals surface area contributed by atoms with E-state index in [1.165, 1.54) is 0 Å². The summed E-state index contributed by atoms with van der Waals surface area (Å²) in [5.74, 6) is 0. The summed E-state index contributed by atoms with van der Waals surface area (Å²) < 4.78 is 0. The molecule has 0 spiro atoms. The SMILES string of the molecule is Cc1ccc(-n2nc3cc(C)c(NC(C#N)=C(C#N)C#N)cc3n2)cc1. The summed E-state index contributed by atoms with van der Waals surface area (Å²) in [7, 11) is 0. The van der Waals surface area contributed by atoms with Crippen LogP contribution in [-0.2, 0) is 0 Å². The Morgan fingerprint density at radius 2 is 1.54 bits per heavy atom. The van der Waals surface area contributed by atoms with Crippen LogP contribution in [0.5, 0.6) is 0 Å². The van der Waals surface area contributed by atoms with Crippen LogP contribution in [0.1, 0.15) is 11.1 Å². The van der Waals surface area contributed by atoms with Crippen LogP contribution in [0, 0.1) is 47.8 Å². The number of nitriles is 3. The minimum absolute atomic E-state index is 0.0941. The van der Waals surface area contributed by atoms with Crippen LogP contribution >= 0.6 is 0 Å². The average molecular weight is 339 g/mol. The molecule has 0 bridgehead atoms. The van der Waals surface area contributed by atoms with Crippen LogP contribution in [0.4, 0.5) is 5.69 Å². The highest BCUT2D eigenvalue weighted by molar-refractivity contribution is 5.81. The van der Waals surface area contributed by atoms with E-state index in [4.69, 9.17) is 10.5 Å². The molecule has 0 aliphatic heterocycles. The molecule has 26 heavy (non-hydrogen) atoms. The van der Waals surface area contributed by atoms with Gasteiger partial charge < -0.3 is 5.32 Å². The van der Waals surface area contributed by atoms with Gasteiger partial charge in [-0.3, -0.25) is 0 Å². The smallest absolute Gasteiger partial charge is 0.163 e. The summed E-state index contributed by atoms with van der Waals surface area (Å²) in [6.07, 6.45) is 0. The van der Waals surface area contributed by atoms with Crippen LogP contribution in [-0.4, -0.2) is 15.0 Å². The third-order valence-corrected chi connectivity index (χ3v) is 3.84. The second kappa shape index (κ2) is 6.76. The number of fused-ring (bicyclic) bond motifs is 1. The molecule has 0 unspecified atom stereocenters. The van der Waals surface area contributed by atoms with E-state index in [2.05, 4.69) is 15.5 Å². The number of aryl methyl sites for hydroxylation is 2. The second-order valence-corrected chi connectivity index (χ2v) is 5.69. The molecule has 2 aromatic carbocycles. The van der Waals surface area contributed by atoms with Crippen molar-refractivity contribution in [3.8, 4) is 23.9 Å². The molecule has 0 saturated heterocycles. The zero-order valence-corrected chi connectivity index (χ0v) is 14.1. The second-order valence-electron chi connectivity index (χ2n) is 5.69. The van der Waals surface area contributed by atoms with Gasteiger partial charge in [-0.25, -0.2) is 0 Å². The summed E-state index contributed by atoms with van der Waals surface area (Å²) >= 11 is 0. The molecule has 0 fully saturated rings. The van der Waals surface area contributed by atoms with Gasteiger partial charge in [0.2, 0.25) is 0 Å². The van der Waals surface area contributed by atoms with Crippen molar-refractivity contribution in [2.75, 3.05) is 5.32 Å². The van der Waals surface area contributed by atoms with E-state index in [-0.39, 0.29) is 11.3 Å². The van der Waals surface area contributed by atoms with Gasteiger partial charge in [-0.1, -0.05) is 17.7 Å². The van der Waals surface area contributed by atoms with Gasteiger partial charge in [0.25, 0.3) is 0 Å². The Kier molecular flexibility index (Phi) is 4.34. The first-order chi connectivity index (χ1) is 12.5. The van der Waals surface area contributed by atoms with Crippen LogP contribution in [0.15, 0.2) is 47.7 Å². The summed E-state index contributed by atoms with van der Waals surface area (Å²) in [6.45, 7) is 3.86. The fourth-order valence-electron chi connectivity index (χ4n) is 2.41. The molecular weight excluding hydrogens is 326 g/mol. The highest BCUT2D eigenvalue weighted by Crippen LogP contribution is 2.24. The molecule has 1 aromatic heterocycles. The van der Waals surface area contributed by atoms with Gasteiger partial charge in [0.1, 0.15) is 34.9 Å². The third kappa shape index (κ3) is 3.08. The predicted octanol–water partition coefficient (Wildman–Crippen LogP) is 3.27. The lowest BCUT2D eigenvalue weighted by Gasteiger charge is -2.07. The van der Waals surface area contributed by atoms with E-state index in [9.17, 15) is 5.26 Å². The number of allylic oxidation sites excluding steroid dienone is 2. The standard InChI is InChI=1S/C19H13N7/c1-12-3-5-15(6-4-12)26-24-17-7-13(2)16(8-18(17)25-26)23-19(11-22)14(9-20)10-21/h3-8,23H,1-2H3. The lowest BCUT2D eigenvalue weighted by Crippen LogP contribution is -2.02. The first kappa shape index (κ1) is 16.7. The first-order valence-corrected chi connectivity index (χ1v) is 7.72. The average Bonchev–Trinajstić information content (AvgIpc) is 3.05. The third-order valence-electron chi connectivity index (χ3n) is 3.84. The molecule has 0 radical (unpaired) electrons. The molecule has 1 heterocycles. The lowest BCUT2D eigenvalue weighted by atomic mass is 10.1. The molecule has 3 aromatic rings. The van der Waals surface area contributed by atoms with Crippen molar-refractivity contribution >= 4 is 16.7 Å². The fraction of sp³-hybridized carbons (Fsp3) is 0.105. The van der Waals surface area contributed by atoms with Crippen LogP contribution in [0.25, 0.3) is 16.7 Å². The molecule has 0 aliphatic rings. The summed E-state index contributed by atoms with van der Waals surface area (Å²) in [4.78, 5) is 1.55. The van der Waals surface area contributed by atoms with E-state index in [0.29, 0.717) is 16.7 Å². The largest absolute Gasteiger partial charge is 0.345 e. The lowest BCUT2D eigenvalue weighted by molar-refractivity contribution is 0.765. The zero-order chi connectivity index (χ0) is 18.7. The minimum atomic E-state index is -0.268.